The second kappa shape index (κ2) is 7.09. The van der Waals surface area contributed by atoms with Gasteiger partial charge in [-0.25, -0.2) is 14.8 Å². The summed E-state index contributed by atoms with van der Waals surface area (Å²) in [5.41, 5.74) is 2.81. The number of aromatic carboxylic acids is 1. The van der Waals surface area contributed by atoms with Gasteiger partial charge in [0, 0.05) is 14.9 Å². The SMILES string of the molecule is Cc1sc2ncnc(Nc3ccccc3C(=O)O)c2c1-c1ccc(Br)cc1. The molecule has 0 aliphatic rings. The minimum atomic E-state index is -0.988. The second-order valence-electron chi connectivity index (χ2n) is 5.92. The zero-order chi connectivity index (χ0) is 19.0. The van der Waals surface area contributed by atoms with Crippen molar-refractivity contribution >= 4 is 55.0 Å². The van der Waals surface area contributed by atoms with Crippen LogP contribution < -0.4 is 5.32 Å². The molecule has 2 heterocycles. The smallest absolute Gasteiger partial charge is 0.337 e. The third kappa shape index (κ3) is 3.31. The number of anilines is 2. The van der Waals surface area contributed by atoms with E-state index in [0.29, 0.717) is 11.5 Å². The molecule has 0 atom stereocenters. The van der Waals surface area contributed by atoms with Crippen LogP contribution in [-0.4, -0.2) is 21.0 Å². The monoisotopic (exact) mass is 439 g/mol. The molecule has 0 aliphatic heterocycles. The predicted octanol–water partition coefficient (Wildman–Crippen LogP) is 5.87. The van der Waals surface area contributed by atoms with Gasteiger partial charge < -0.3 is 10.4 Å². The molecule has 134 valence electrons. The number of halogens is 1. The number of rotatable bonds is 4. The fourth-order valence-corrected chi connectivity index (χ4v) is 4.29. The maximum atomic E-state index is 11.5. The average molecular weight is 440 g/mol. The van der Waals surface area contributed by atoms with E-state index >= 15 is 0 Å². The summed E-state index contributed by atoms with van der Waals surface area (Å²) in [6.45, 7) is 2.05. The molecule has 0 bridgehead atoms. The summed E-state index contributed by atoms with van der Waals surface area (Å²) in [5, 5.41) is 13.5. The highest BCUT2D eigenvalue weighted by molar-refractivity contribution is 9.10. The first-order valence-electron chi connectivity index (χ1n) is 8.14. The summed E-state index contributed by atoms with van der Waals surface area (Å²) in [5.74, 6) is -0.394. The zero-order valence-corrected chi connectivity index (χ0v) is 16.6. The van der Waals surface area contributed by atoms with E-state index in [-0.39, 0.29) is 5.56 Å². The Bertz CT molecular complexity index is 1160. The van der Waals surface area contributed by atoms with E-state index in [2.05, 4.69) is 38.1 Å². The summed E-state index contributed by atoms with van der Waals surface area (Å²) < 4.78 is 1.01. The average Bonchev–Trinajstić information content (AvgIpc) is 2.99. The van der Waals surface area contributed by atoms with Gasteiger partial charge in [-0.3, -0.25) is 0 Å². The normalized spacial score (nSPS) is 10.9. The molecule has 2 N–H and O–H groups in total. The third-order valence-corrected chi connectivity index (χ3v) is 5.75. The molecule has 0 unspecified atom stereocenters. The van der Waals surface area contributed by atoms with E-state index in [1.807, 2.05) is 24.3 Å². The van der Waals surface area contributed by atoms with Crippen LogP contribution in [-0.2, 0) is 0 Å². The number of carboxylic acid groups (broad SMARTS) is 1. The second-order valence-corrected chi connectivity index (χ2v) is 8.04. The molecule has 0 radical (unpaired) electrons. The van der Waals surface area contributed by atoms with Crippen molar-refractivity contribution in [3.8, 4) is 11.1 Å². The molecule has 2 aromatic carbocycles. The Morgan fingerprint density at radius 1 is 1.11 bits per heavy atom. The first kappa shape index (κ1) is 17.6. The van der Waals surface area contributed by atoms with Crippen molar-refractivity contribution in [2.75, 3.05) is 5.32 Å². The number of carbonyl (C=O) groups is 1. The van der Waals surface area contributed by atoms with Crippen LogP contribution in [0.2, 0.25) is 0 Å². The first-order valence-corrected chi connectivity index (χ1v) is 9.75. The van der Waals surface area contributed by atoms with Crippen molar-refractivity contribution < 1.29 is 9.90 Å². The van der Waals surface area contributed by atoms with Crippen LogP contribution in [0.25, 0.3) is 21.3 Å². The lowest BCUT2D eigenvalue weighted by Gasteiger charge is -2.11. The van der Waals surface area contributed by atoms with Crippen molar-refractivity contribution in [1.82, 2.24) is 9.97 Å². The zero-order valence-electron chi connectivity index (χ0n) is 14.2. The molecule has 27 heavy (non-hydrogen) atoms. The molecule has 0 spiro atoms. The number of fused-ring (bicyclic) bond motifs is 1. The molecule has 5 nitrogen and oxygen atoms in total. The van der Waals surface area contributed by atoms with Crippen LogP contribution >= 0.6 is 27.3 Å². The maximum absolute atomic E-state index is 11.5. The van der Waals surface area contributed by atoms with Gasteiger partial charge in [0.15, 0.2) is 0 Å². The number of carboxylic acids is 1. The standard InChI is InChI=1S/C20H14BrN3O2S/c1-11-16(12-6-8-13(21)9-7-12)17-18(22-10-23-19(17)27-11)24-15-5-3-2-4-14(15)20(25)26/h2-10H,1H3,(H,25,26)(H,22,23,24). The Hall–Kier alpha value is -2.77. The fourth-order valence-electron chi connectivity index (χ4n) is 3.01. The highest BCUT2D eigenvalue weighted by atomic mass is 79.9. The third-order valence-electron chi connectivity index (χ3n) is 4.21. The van der Waals surface area contributed by atoms with Gasteiger partial charge in [0.25, 0.3) is 0 Å². The largest absolute Gasteiger partial charge is 0.478 e. The first-order chi connectivity index (χ1) is 13.0. The van der Waals surface area contributed by atoms with E-state index < -0.39 is 5.97 Å². The summed E-state index contributed by atoms with van der Waals surface area (Å²) >= 11 is 5.06. The fraction of sp³-hybridized carbons (Fsp3) is 0.0500. The molecule has 0 aliphatic carbocycles. The number of benzene rings is 2. The Labute approximate surface area is 167 Å². The van der Waals surface area contributed by atoms with Crippen molar-refractivity contribution in [2.45, 2.75) is 6.92 Å². The van der Waals surface area contributed by atoms with Crippen LogP contribution in [0.15, 0.2) is 59.3 Å². The number of aromatic nitrogens is 2. The minimum absolute atomic E-state index is 0.196. The minimum Gasteiger partial charge on any atom is -0.478 e. The molecule has 2 aromatic heterocycles. The molecular weight excluding hydrogens is 426 g/mol. The Balaban J connectivity index is 1.90. The van der Waals surface area contributed by atoms with Crippen molar-refractivity contribution in [3.63, 3.8) is 0 Å². The maximum Gasteiger partial charge on any atom is 0.337 e. The summed E-state index contributed by atoms with van der Waals surface area (Å²) in [7, 11) is 0. The van der Waals surface area contributed by atoms with Crippen molar-refractivity contribution in [2.24, 2.45) is 0 Å². The molecule has 0 amide bonds. The highest BCUT2D eigenvalue weighted by Crippen LogP contribution is 2.41. The van der Waals surface area contributed by atoms with E-state index in [1.165, 1.54) is 6.33 Å². The van der Waals surface area contributed by atoms with Crippen molar-refractivity contribution in [1.29, 1.82) is 0 Å². The number of aryl methyl sites for hydroxylation is 1. The quantitative estimate of drug-likeness (QED) is 0.415. The van der Waals surface area contributed by atoms with Gasteiger partial charge in [-0.1, -0.05) is 40.2 Å². The van der Waals surface area contributed by atoms with Gasteiger partial charge in [-0.05, 0) is 36.8 Å². The number of para-hydroxylation sites is 1. The predicted molar refractivity (Wildman–Crippen MR) is 112 cm³/mol. The van der Waals surface area contributed by atoms with E-state index in [1.54, 1.807) is 35.6 Å². The molecule has 7 heteroatoms. The van der Waals surface area contributed by atoms with Gasteiger partial charge in [0.1, 0.15) is 17.0 Å². The molecule has 0 saturated heterocycles. The lowest BCUT2D eigenvalue weighted by molar-refractivity contribution is 0.0698. The number of nitrogens with zero attached hydrogens (tertiary/aromatic N) is 2. The van der Waals surface area contributed by atoms with Crippen LogP contribution in [0.4, 0.5) is 11.5 Å². The number of hydrogen-bond acceptors (Lipinski definition) is 5. The van der Waals surface area contributed by atoms with Crippen LogP contribution in [0.3, 0.4) is 0 Å². The van der Waals surface area contributed by atoms with Gasteiger partial charge in [0.05, 0.1) is 16.6 Å². The van der Waals surface area contributed by atoms with Crippen LogP contribution in [0.5, 0.6) is 0 Å². The van der Waals surface area contributed by atoms with E-state index in [9.17, 15) is 9.90 Å². The number of nitrogens with one attached hydrogen (secondary N) is 1. The molecule has 0 saturated carbocycles. The van der Waals surface area contributed by atoms with E-state index in [4.69, 9.17) is 0 Å². The van der Waals surface area contributed by atoms with Gasteiger partial charge in [-0.15, -0.1) is 11.3 Å². The van der Waals surface area contributed by atoms with E-state index in [0.717, 1.165) is 30.7 Å². The number of hydrogen-bond donors (Lipinski definition) is 2. The molecular formula is C20H14BrN3O2S. The lowest BCUT2D eigenvalue weighted by atomic mass is 10.0. The summed E-state index contributed by atoms with van der Waals surface area (Å²) in [4.78, 5) is 22.3. The molecule has 4 aromatic rings. The lowest BCUT2D eigenvalue weighted by Crippen LogP contribution is -2.03. The van der Waals surface area contributed by atoms with Gasteiger partial charge >= 0.3 is 5.97 Å². The van der Waals surface area contributed by atoms with Crippen molar-refractivity contribution in [3.05, 3.63) is 69.8 Å². The Morgan fingerprint density at radius 3 is 2.59 bits per heavy atom. The summed E-state index contributed by atoms with van der Waals surface area (Å²) in [6, 6.07) is 14.9. The Kier molecular flexibility index (Phi) is 4.63. The number of thiophene rings is 1. The summed E-state index contributed by atoms with van der Waals surface area (Å²) in [6.07, 6.45) is 1.50. The van der Waals surface area contributed by atoms with Gasteiger partial charge in [0.2, 0.25) is 0 Å². The molecule has 4 rings (SSSR count). The van der Waals surface area contributed by atoms with Crippen LogP contribution in [0.1, 0.15) is 15.2 Å². The topological polar surface area (TPSA) is 75.1 Å². The Morgan fingerprint density at radius 2 is 1.85 bits per heavy atom. The molecule has 0 fully saturated rings. The van der Waals surface area contributed by atoms with Gasteiger partial charge in [-0.2, -0.15) is 0 Å². The van der Waals surface area contributed by atoms with Crippen LogP contribution in [0, 0.1) is 6.92 Å². The highest BCUT2D eigenvalue weighted by Gasteiger charge is 2.18.